The Morgan fingerprint density at radius 2 is 2.29 bits per heavy atom. The highest BCUT2D eigenvalue weighted by atomic mass is 79.9. The van der Waals surface area contributed by atoms with Crippen molar-refractivity contribution < 1.29 is 4.74 Å². The second kappa shape index (κ2) is 4.60. The van der Waals surface area contributed by atoms with E-state index in [1.54, 1.807) is 7.11 Å². The summed E-state index contributed by atoms with van der Waals surface area (Å²) in [6, 6.07) is 0. The second-order valence-electron chi connectivity index (χ2n) is 1.52. The van der Waals surface area contributed by atoms with Gasteiger partial charge in [-0.2, -0.15) is 0 Å². The Bertz CT molecular complexity index is 39.1. The molecule has 1 atom stereocenters. The van der Waals surface area contributed by atoms with E-state index < -0.39 is 0 Å². The van der Waals surface area contributed by atoms with Gasteiger partial charge in [0.2, 0.25) is 0 Å². The summed E-state index contributed by atoms with van der Waals surface area (Å²) in [6.45, 7) is 2.06. The van der Waals surface area contributed by atoms with E-state index in [1.807, 2.05) is 0 Å². The fraction of sp³-hybridized carbons (Fsp3) is 1.00. The Kier molecular flexibility index (Phi) is 4.88. The molecule has 0 aliphatic carbocycles. The van der Waals surface area contributed by atoms with Gasteiger partial charge in [0, 0.05) is 12.4 Å². The van der Waals surface area contributed by atoms with Crippen molar-refractivity contribution in [3.8, 4) is 0 Å². The van der Waals surface area contributed by atoms with Crippen LogP contribution in [0.15, 0.2) is 0 Å². The minimum Gasteiger partial charge on any atom is -0.382 e. The smallest absolute Gasteiger partial charge is 0.0551 e. The first-order valence-electron chi connectivity index (χ1n) is 2.40. The third-order valence-corrected chi connectivity index (χ3v) is 1.38. The molecule has 0 radical (unpaired) electrons. The minimum absolute atomic E-state index is 0.402. The van der Waals surface area contributed by atoms with Gasteiger partial charge in [-0.25, -0.2) is 0 Å². The van der Waals surface area contributed by atoms with E-state index in [9.17, 15) is 0 Å². The molecule has 0 aromatic heterocycles. The number of hydrogen-bond donors (Lipinski definition) is 0. The van der Waals surface area contributed by atoms with Crippen molar-refractivity contribution in [2.45, 2.75) is 19.4 Å². The van der Waals surface area contributed by atoms with E-state index in [0.717, 1.165) is 11.8 Å². The number of alkyl halides is 1. The van der Waals surface area contributed by atoms with Crippen LogP contribution >= 0.6 is 15.9 Å². The van der Waals surface area contributed by atoms with Crippen LogP contribution in [-0.4, -0.2) is 18.5 Å². The van der Waals surface area contributed by atoms with Gasteiger partial charge in [-0.05, 0) is 13.3 Å². The van der Waals surface area contributed by atoms with Gasteiger partial charge in [-0.3, -0.25) is 0 Å². The van der Waals surface area contributed by atoms with Gasteiger partial charge in [0.15, 0.2) is 0 Å². The maximum absolute atomic E-state index is 4.96. The first kappa shape index (κ1) is 7.44. The highest BCUT2D eigenvalue weighted by Crippen LogP contribution is 1.96. The number of halogens is 1. The summed E-state index contributed by atoms with van der Waals surface area (Å²) in [4.78, 5) is 0. The van der Waals surface area contributed by atoms with E-state index >= 15 is 0 Å². The van der Waals surface area contributed by atoms with Crippen LogP contribution in [0.1, 0.15) is 13.3 Å². The first-order chi connectivity index (χ1) is 3.31. The molecular formula is C5H11BrO. The normalized spacial score (nSPS) is 14.1. The van der Waals surface area contributed by atoms with Crippen molar-refractivity contribution in [2.75, 3.05) is 12.4 Å². The van der Waals surface area contributed by atoms with E-state index in [4.69, 9.17) is 4.74 Å². The SMILES string of the molecule is CO[C@@H](C)CCBr. The van der Waals surface area contributed by atoms with Crippen LogP contribution in [0.5, 0.6) is 0 Å². The van der Waals surface area contributed by atoms with E-state index in [-0.39, 0.29) is 0 Å². The van der Waals surface area contributed by atoms with Crippen LogP contribution in [0.2, 0.25) is 0 Å². The largest absolute Gasteiger partial charge is 0.382 e. The molecule has 1 nitrogen and oxygen atoms in total. The maximum atomic E-state index is 4.96. The lowest BCUT2D eigenvalue weighted by atomic mass is 10.3. The quantitative estimate of drug-likeness (QED) is 0.582. The minimum atomic E-state index is 0.402. The predicted octanol–water partition coefficient (Wildman–Crippen LogP) is 1.81. The van der Waals surface area contributed by atoms with Gasteiger partial charge in [0.25, 0.3) is 0 Å². The van der Waals surface area contributed by atoms with E-state index in [2.05, 4.69) is 22.9 Å². The van der Waals surface area contributed by atoms with E-state index in [0.29, 0.717) is 6.10 Å². The summed E-state index contributed by atoms with van der Waals surface area (Å²) < 4.78 is 4.96. The molecule has 44 valence electrons. The van der Waals surface area contributed by atoms with Gasteiger partial charge < -0.3 is 4.74 Å². The number of rotatable bonds is 3. The van der Waals surface area contributed by atoms with Crippen molar-refractivity contribution in [3.05, 3.63) is 0 Å². The molecule has 0 N–H and O–H groups in total. The van der Waals surface area contributed by atoms with Crippen LogP contribution in [0, 0.1) is 0 Å². The summed E-state index contributed by atoms with van der Waals surface area (Å²) in [7, 11) is 1.73. The lowest BCUT2D eigenvalue weighted by Crippen LogP contribution is -2.03. The Morgan fingerprint density at radius 1 is 1.71 bits per heavy atom. The Balaban J connectivity index is 2.83. The summed E-state index contributed by atoms with van der Waals surface area (Å²) in [6.07, 6.45) is 1.50. The molecule has 0 saturated heterocycles. The zero-order chi connectivity index (χ0) is 5.70. The van der Waals surface area contributed by atoms with Crippen molar-refractivity contribution in [2.24, 2.45) is 0 Å². The molecule has 0 bridgehead atoms. The Morgan fingerprint density at radius 3 is 2.43 bits per heavy atom. The topological polar surface area (TPSA) is 9.23 Å². The Labute approximate surface area is 53.2 Å². The zero-order valence-corrected chi connectivity index (χ0v) is 6.36. The molecule has 0 aliphatic heterocycles. The lowest BCUT2D eigenvalue weighted by Gasteiger charge is -2.03. The first-order valence-corrected chi connectivity index (χ1v) is 3.52. The molecule has 0 unspecified atom stereocenters. The Hall–Kier alpha value is 0.440. The molecule has 0 saturated carbocycles. The van der Waals surface area contributed by atoms with Gasteiger partial charge in [0.1, 0.15) is 0 Å². The van der Waals surface area contributed by atoms with Crippen LogP contribution < -0.4 is 0 Å². The van der Waals surface area contributed by atoms with Crippen LogP contribution in [-0.2, 0) is 4.74 Å². The molecule has 0 aromatic carbocycles. The summed E-state index contributed by atoms with van der Waals surface area (Å²) in [5.41, 5.74) is 0. The molecule has 0 heterocycles. The maximum Gasteiger partial charge on any atom is 0.0551 e. The standard InChI is InChI=1S/C5H11BrO/c1-5(7-2)3-4-6/h5H,3-4H2,1-2H3/t5-/m0/s1. The molecular weight excluding hydrogens is 156 g/mol. The lowest BCUT2D eigenvalue weighted by molar-refractivity contribution is 0.116. The molecule has 0 rings (SSSR count). The number of ether oxygens (including phenoxy) is 1. The van der Waals surface area contributed by atoms with Crippen molar-refractivity contribution in [3.63, 3.8) is 0 Å². The second-order valence-corrected chi connectivity index (χ2v) is 2.32. The van der Waals surface area contributed by atoms with Gasteiger partial charge in [0.05, 0.1) is 6.10 Å². The van der Waals surface area contributed by atoms with Gasteiger partial charge in [-0.15, -0.1) is 0 Å². The molecule has 2 heteroatoms. The summed E-state index contributed by atoms with van der Waals surface area (Å²) in [5.74, 6) is 0. The average molecular weight is 167 g/mol. The van der Waals surface area contributed by atoms with Gasteiger partial charge >= 0.3 is 0 Å². The van der Waals surface area contributed by atoms with Crippen molar-refractivity contribution in [1.82, 2.24) is 0 Å². The fourth-order valence-corrected chi connectivity index (χ4v) is 0.916. The highest BCUT2D eigenvalue weighted by Gasteiger charge is 1.93. The van der Waals surface area contributed by atoms with Crippen LogP contribution in [0.4, 0.5) is 0 Å². The number of hydrogen-bond acceptors (Lipinski definition) is 1. The molecule has 0 aliphatic rings. The number of methoxy groups -OCH3 is 1. The van der Waals surface area contributed by atoms with E-state index in [1.165, 1.54) is 0 Å². The monoisotopic (exact) mass is 166 g/mol. The highest BCUT2D eigenvalue weighted by molar-refractivity contribution is 9.09. The molecule has 0 fully saturated rings. The van der Waals surface area contributed by atoms with Crippen molar-refractivity contribution in [1.29, 1.82) is 0 Å². The van der Waals surface area contributed by atoms with Crippen molar-refractivity contribution >= 4 is 15.9 Å². The summed E-state index contributed by atoms with van der Waals surface area (Å²) >= 11 is 3.31. The molecule has 0 amide bonds. The van der Waals surface area contributed by atoms with Crippen LogP contribution in [0.25, 0.3) is 0 Å². The zero-order valence-electron chi connectivity index (χ0n) is 4.78. The fourth-order valence-electron chi connectivity index (χ4n) is 0.272. The molecule has 7 heavy (non-hydrogen) atoms. The summed E-state index contributed by atoms with van der Waals surface area (Å²) in [5, 5.41) is 1.03. The predicted molar refractivity (Wildman–Crippen MR) is 34.9 cm³/mol. The molecule has 0 spiro atoms. The average Bonchev–Trinajstić information content (AvgIpc) is 1.68. The van der Waals surface area contributed by atoms with Crippen LogP contribution in [0.3, 0.4) is 0 Å². The van der Waals surface area contributed by atoms with Gasteiger partial charge in [-0.1, -0.05) is 15.9 Å². The third kappa shape index (κ3) is 4.29. The third-order valence-electron chi connectivity index (χ3n) is 0.918. The molecule has 0 aromatic rings.